The lowest BCUT2D eigenvalue weighted by Crippen LogP contribution is -2.28. The lowest BCUT2D eigenvalue weighted by Gasteiger charge is -2.20. The first-order chi connectivity index (χ1) is 15.7. The molecule has 0 saturated heterocycles. The van der Waals surface area contributed by atoms with E-state index in [1.165, 1.54) is 36.1 Å². The van der Waals surface area contributed by atoms with Crippen LogP contribution >= 0.6 is 0 Å². The van der Waals surface area contributed by atoms with Gasteiger partial charge in [0, 0.05) is 23.9 Å². The first kappa shape index (κ1) is 22.7. The third-order valence-corrected chi connectivity index (χ3v) is 7.39. The molecule has 0 radical (unpaired) electrons. The maximum atomic E-state index is 13.2. The molecule has 0 amide bonds. The van der Waals surface area contributed by atoms with Crippen LogP contribution in [0.2, 0.25) is 0 Å². The number of nitrogens with zero attached hydrogens (tertiary/aromatic N) is 2. The Hall–Kier alpha value is -3.46. The third-order valence-electron chi connectivity index (χ3n) is 5.87. The van der Waals surface area contributed by atoms with Crippen molar-refractivity contribution in [1.82, 2.24) is 9.78 Å². The van der Waals surface area contributed by atoms with E-state index in [4.69, 9.17) is 0 Å². The van der Waals surface area contributed by atoms with E-state index in [2.05, 4.69) is 14.6 Å². The van der Waals surface area contributed by atoms with Crippen molar-refractivity contribution in [2.45, 2.75) is 37.5 Å². The predicted molar refractivity (Wildman–Crippen MR) is 125 cm³/mol. The molecule has 9 heteroatoms. The number of benzene rings is 2. The second-order valence-corrected chi connectivity index (χ2v) is 9.75. The molecule has 1 aromatic heterocycles. The highest BCUT2D eigenvalue weighted by Crippen LogP contribution is 2.31. The van der Waals surface area contributed by atoms with E-state index in [9.17, 15) is 18.0 Å². The molecule has 1 aliphatic rings. The Bertz CT molecular complexity index is 1390. The number of anilines is 1. The summed E-state index contributed by atoms with van der Waals surface area (Å²) in [5.74, 6) is -0.499. The number of carbonyl (C=O) groups excluding carboxylic acids is 1. The van der Waals surface area contributed by atoms with E-state index in [0.29, 0.717) is 34.5 Å². The average Bonchev–Trinajstić information content (AvgIpc) is 2.81. The van der Waals surface area contributed by atoms with Gasteiger partial charge in [-0.15, -0.1) is 0 Å². The van der Waals surface area contributed by atoms with Gasteiger partial charge in [-0.3, -0.25) is 9.52 Å². The first-order valence-corrected chi connectivity index (χ1v) is 12.1. The Morgan fingerprint density at radius 3 is 2.39 bits per heavy atom. The molecule has 0 atom stereocenters. The maximum absolute atomic E-state index is 13.2. The lowest BCUT2D eigenvalue weighted by atomic mass is 9.89. The van der Waals surface area contributed by atoms with E-state index in [1.807, 2.05) is 6.07 Å². The predicted octanol–water partition coefficient (Wildman–Crippen LogP) is 3.22. The van der Waals surface area contributed by atoms with Crippen molar-refractivity contribution in [3.8, 4) is 11.3 Å². The first-order valence-electron chi connectivity index (χ1n) is 10.6. The summed E-state index contributed by atoms with van der Waals surface area (Å²) in [4.78, 5) is 24.3. The lowest BCUT2D eigenvalue weighted by molar-refractivity contribution is 0.0600. The molecule has 0 fully saturated rings. The molecule has 1 heterocycles. The number of rotatable bonds is 5. The van der Waals surface area contributed by atoms with Crippen LogP contribution in [0.25, 0.3) is 11.3 Å². The van der Waals surface area contributed by atoms with Crippen molar-refractivity contribution >= 4 is 21.7 Å². The summed E-state index contributed by atoms with van der Waals surface area (Å²) in [5, 5.41) is 4.47. The Morgan fingerprint density at radius 2 is 1.73 bits per heavy atom. The summed E-state index contributed by atoms with van der Waals surface area (Å²) in [6, 6.07) is 11.2. The minimum Gasteiger partial charge on any atom is -0.465 e. The number of fused-ring (bicyclic) bond motifs is 1. The fourth-order valence-corrected chi connectivity index (χ4v) is 5.46. The molecular formula is C24H25N3O5S. The number of sulfonamides is 1. The highest BCUT2D eigenvalue weighted by atomic mass is 32.2. The van der Waals surface area contributed by atoms with Gasteiger partial charge >= 0.3 is 5.97 Å². The molecule has 0 spiro atoms. The number of esters is 1. The van der Waals surface area contributed by atoms with Crippen LogP contribution in [0.1, 0.15) is 39.9 Å². The number of ether oxygens (including phenoxy) is 1. The molecule has 0 aliphatic heterocycles. The number of nitrogens with one attached hydrogen (secondary N) is 1. The van der Waals surface area contributed by atoms with E-state index in [-0.39, 0.29) is 10.5 Å². The molecule has 4 rings (SSSR count). The molecule has 8 nitrogen and oxygen atoms in total. The van der Waals surface area contributed by atoms with Crippen LogP contribution in [0.4, 0.5) is 5.69 Å². The zero-order valence-corrected chi connectivity index (χ0v) is 19.5. The Kier molecular flexibility index (Phi) is 6.07. The molecule has 3 aromatic rings. The number of methoxy groups -OCH3 is 1. The average molecular weight is 468 g/mol. The summed E-state index contributed by atoms with van der Waals surface area (Å²) in [6.07, 6.45) is 3.37. The Labute approximate surface area is 192 Å². The van der Waals surface area contributed by atoms with Gasteiger partial charge in [-0.2, -0.15) is 5.10 Å². The molecule has 0 bridgehead atoms. The fraction of sp³-hybridized carbons (Fsp3) is 0.292. The molecule has 172 valence electrons. The van der Waals surface area contributed by atoms with Gasteiger partial charge in [-0.05, 0) is 74.1 Å². The van der Waals surface area contributed by atoms with Gasteiger partial charge in [0.15, 0.2) is 0 Å². The summed E-state index contributed by atoms with van der Waals surface area (Å²) in [6.45, 7) is 1.72. The quantitative estimate of drug-likeness (QED) is 0.578. The van der Waals surface area contributed by atoms with Crippen molar-refractivity contribution in [1.29, 1.82) is 0 Å². The van der Waals surface area contributed by atoms with E-state index >= 15 is 0 Å². The minimum atomic E-state index is -3.92. The molecule has 2 aromatic carbocycles. The van der Waals surface area contributed by atoms with Gasteiger partial charge in [0.25, 0.3) is 15.6 Å². The summed E-state index contributed by atoms with van der Waals surface area (Å²) < 4.78 is 35.0. The van der Waals surface area contributed by atoms with Crippen LogP contribution in [0.3, 0.4) is 0 Å². The zero-order chi connectivity index (χ0) is 23.8. The SMILES string of the molecule is COC(=O)c1ccc(NS(=O)(=O)c2cc(-c3nn(C)c(=O)c4c3CCCC4)ccc2C)cc1. The van der Waals surface area contributed by atoms with Gasteiger partial charge in [-0.1, -0.05) is 12.1 Å². The standard InChI is InChI=1S/C24H25N3O5S/c1-15-8-9-17(22-19-6-4-5-7-20(19)23(28)27(2)25-22)14-21(15)33(30,31)26-18-12-10-16(11-13-18)24(29)32-3/h8-14,26H,4-7H2,1-3H3. The molecule has 1 aliphatic carbocycles. The number of aryl methyl sites for hydroxylation is 2. The molecule has 33 heavy (non-hydrogen) atoms. The zero-order valence-electron chi connectivity index (χ0n) is 18.7. The Balaban J connectivity index is 1.73. The van der Waals surface area contributed by atoms with Crippen molar-refractivity contribution < 1.29 is 17.9 Å². The van der Waals surface area contributed by atoms with Crippen LogP contribution in [-0.2, 0) is 34.6 Å². The smallest absolute Gasteiger partial charge is 0.337 e. The van der Waals surface area contributed by atoms with Crippen LogP contribution in [-0.4, -0.2) is 31.3 Å². The summed E-state index contributed by atoms with van der Waals surface area (Å²) >= 11 is 0. The largest absolute Gasteiger partial charge is 0.465 e. The fourth-order valence-electron chi connectivity index (χ4n) is 4.12. The van der Waals surface area contributed by atoms with Crippen LogP contribution in [0.5, 0.6) is 0 Å². The number of hydrogen-bond donors (Lipinski definition) is 1. The van der Waals surface area contributed by atoms with Crippen molar-refractivity contribution in [3.05, 3.63) is 75.1 Å². The Morgan fingerprint density at radius 1 is 1.06 bits per heavy atom. The molecular weight excluding hydrogens is 442 g/mol. The van der Waals surface area contributed by atoms with Gasteiger partial charge in [0.05, 0.1) is 23.3 Å². The van der Waals surface area contributed by atoms with Gasteiger partial charge < -0.3 is 4.74 Å². The van der Waals surface area contributed by atoms with E-state index in [1.54, 1.807) is 26.1 Å². The van der Waals surface area contributed by atoms with Gasteiger partial charge in [-0.25, -0.2) is 17.9 Å². The summed E-state index contributed by atoms with van der Waals surface area (Å²) in [5.41, 5.74) is 4.10. The van der Waals surface area contributed by atoms with Crippen LogP contribution in [0, 0.1) is 6.92 Å². The normalized spacial score (nSPS) is 13.3. The van der Waals surface area contributed by atoms with E-state index < -0.39 is 16.0 Å². The molecule has 1 N–H and O–H groups in total. The number of aromatic nitrogens is 2. The molecule has 0 unspecified atom stereocenters. The highest BCUT2D eigenvalue weighted by Gasteiger charge is 2.23. The van der Waals surface area contributed by atoms with Gasteiger partial charge in [0.1, 0.15) is 0 Å². The van der Waals surface area contributed by atoms with Crippen molar-refractivity contribution in [3.63, 3.8) is 0 Å². The maximum Gasteiger partial charge on any atom is 0.337 e. The highest BCUT2D eigenvalue weighted by molar-refractivity contribution is 7.92. The number of hydrogen-bond acceptors (Lipinski definition) is 6. The minimum absolute atomic E-state index is 0.0922. The second-order valence-electron chi connectivity index (χ2n) is 8.10. The monoisotopic (exact) mass is 467 g/mol. The van der Waals surface area contributed by atoms with Crippen molar-refractivity contribution in [2.24, 2.45) is 7.05 Å². The molecule has 0 saturated carbocycles. The van der Waals surface area contributed by atoms with E-state index in [0.717, 1.165) is 30.4 Å². The summed E-state index contributed by atoms with van der Waals surface area (Å²) in [7, 11) is -1.01. The van der Waals surface area contributed by atoms with Crippen molar-refractivity contribution in [2.75, 3.05) is 11.8 Å². The topological polar surface area (TPSA) is 107 Å². The third kappa shape index (κ3) is 4.41. The van der Waals surface area contributed by atoms with Gasteiger partial charge in [0.2, 0.25) is 0 Å². The number of carbonyl (C=O) groups is 1. The van der Waals surface area contributed by atoms with Crippen LogP contribution in [0.15, 0.2) is 52.2 Å². The second kappa shape index (κ2) is 8.82. The van der Waals surface area contributed by atoms with Crippen LogP contribution < -0.4 is 10.3 Å².